The smallest absolute Gasteiger partial charge is 0.299 e. The van der Waals surface area contributed by atoms with E-state index < -0.39 is 9.85 Å². The zero-order valence-electron chi connectivity index (χ0n) is 12.2. The number of nitro benzene ring substituents is 2. The Bertz CT molecular complexity index is 758. The summed E-state index contributed by atoms with van der Waals surface area (Å²) >= 11 is 0. The van der Waals surface area contributed by atoms with Gasteiger partial charge in [0, 0.05) is 23.9 Å². The van der Waals surface area contributed by atoms with Crippen LogP contribution < -0.4 is 4.90 Å². The van der Waals surface area contributed by atoms with Crippen molar-refractivity contribution < 1.29 is 14.6 Å². The van der Waals surface area contributed by atoms with E-state index in [1.807, 2.05) is 0 Å². The highest BCUT2D eigenvalue weighted by Gasteiger charge is 2.23. The van der Waals surface area contributed by atoms with Crippen LogP contribution in [0.15, 0.2) is 42.5 Å². The molecule has 0 aromatic heterocycles. The molecule has 0 aliphatic rings. The molecular formula is C15H13N3O5. The van der Waals surface area contributed by atoms with Crippen LogP contribution in [0, 0.1) is 20.2 Å². The molecule has 0 saturated carbocycles. The number of benzene rings is 2. The highest BCUT2D eigenvalue weighted by atomic mass is 16.6. The molecule has 8 heteroatoms. The normalized spacial score (nSPS) is 10.1. The average Bonchev–Trinajstić information content (AvgIpc) is 2.56. The molecule has 23 heavy (non-hydrogen) atoms. The third-order valence-corrected chi connectivity index (χ3v) is 3.31. The number of aldehydes is 1. The lowest BCUT2D eigenvalue weighted by molar-refractivity contribution is -0.393. The molecule has 0 saturated heterocycles. The van der Waals surface area contributed by atoms with Gasteiger partial charge in [-0.1, -0.05) is 0 Å². The zero-order chi connectivity index (χ0) is 17.0. The summed E-state index contributed by atoms with van der Waals surface area (Å²) in [5, 5.41) is 22.1. The largest absolute Gasteiger partial charge is 0.336 e. The average molecular weight is 315 g/mol. The van der Waals surface area contributed by atoms with E-state index in [0.717, 1.165) is 6.07 Å². The summed E-state index contributed by atoms with van der Waals surface area (Å²) in [5.74, 6) is 0. The molecule has 0 amide bonds. The molecule has 0 radical (unpaired) electrons. The van der Waals surface area contributed by atoms with Crippen molar-refractivity contribution in [2.45, 2.75) is 6.92 Å². The second kappa shape index (κ2) is 6.65. The van der Waals surface area contributed by atoms with E-state index >= 15 is 0 Å². The molecule has 2 aromatic carbocycles. The van der Waals surface area contributed by atoms with Gasteiger partial charge in [0.05, 0.1) is 15.9 Å². The molecule has 0 fully saturated rings. The zero-order valence-corrected chi connectivity index (χ0v) is 12.2. The van der Waals surface area contributed by atoms with Gasteiger partial charge in [-0.25, -0.2) is 0 Å². The number of hydrogen-bond acceptors (Lipinski definition) is 6. The van der Waals surface area contributed by atoms with E-state index in [-0.39, 0.29) is 17.1 Å². The van der Waals surface area contributed by atoms with Gasteiger partial charge in [-0.2, -0.15) is 0 Å². The van der Waals surface area contributed by atoms with Crippen LogP contribution >= 0.6 is 0 Å². The molecule has 0 spiro atoms. The van der Waals surface area contributed by atoms with Crippen LogP contribution in [0.1, 0.15) is 17.3 Å². The third kappa shape index (κ3) is 3.31. The van der Waals surface area contributed by atoms with Gasteiger partial charge in [0.1, 0.15) is 12.0 Å². The van der Waals surface area contributed by atoms with Gasteiger partial charge in [-0.3, -0.25) is 25.0 Å². The SMILES string of the molecule is CCN(c1ccc(C=O)cc1)c1ccc([N+](=O)[O-])cc1[N+](=O)[O-]. The third-order valence-electron chi connectivity index (χ3n) is 3.31. The Balaban J connectivity index is 2.53. The molecule has 0 bridgehead atoms. The Morgan fingerprint density at radius 2 is 1.70 bits per heavy atom. The maximum Gasteiger partial charge on any atom is 0.299 e. The van der Waals surface area contributed by atoms with Crippen molar-refractivity contribution in [1.29, 1.82) is 0 Å². The number of rotatable bonds is 6. The van der Waals surface area contributed by atoms with E-state index in [4.69, 9.17) is 0 Å². The summed E-state index contributed by atoms with van der Waals surface area (Å²) in [7, 11) is 0. The van der Waals surface area contributed by atoms with Crippen LogP contribution in [0.4, 0.5) is 22.7 Å². The van der Waals surface area contributed by atoms with Crippen LogP contribution in [-0.2, 0) is 0 Å². The number of carbonyl (C=O) groups is 1. The van der Waals surface area contributed by atoms with Crippen molar-refractivity contribution in [3.63, 3.8) is 0 Å². The lowest BCUT2D eigenvalue weighted by Gasteiger charge is -2.23. The topological polar surface area (TPSA) is 107 Å². The minimum absolute atomic E-state index is 0.252. The predicted molar refractivity (Wildman–Crippen MR) is 84.3 cm³/mol. The van der Waals surface area contributed by atoms with Crippen LogP contribution in [0.25, 0.3) is 0 Å². The molecule has 0 aliphatic heterocycles. The first-order valence-electron chi connectivity index (χ1n) is 6.73. The lowest BCUT2D eigenvalue weighted by Crippen LogP contribution is -2.17. The van der Waals surface area contributed by atoms with Gasteiger partial charge in [0.25, 0.3) is 11.4 Å². The second-order valence-electron chi connectivity index (χ2n) is 4.64. The van der Waals surface area contributed by atoms with Crippen molar-refractivity contribution in [3.8, 4) is 0 Å². The molecule has 8 nitrogen and oxygen atoms in total. The minimum atomic E-state index is -0.675. The fourth-order valence-corrected chi connectivity index (χ4v) is 2.22. The van der Waals surface area contributed by atoms with Crippen molar-refractivity contribution in [3.05, 3.63) is 68.3 Å². The fourth-order valence-electron chi connectivity index (χ4n) is 2.22. The Morgan fingerprint density at radius 1 is 1.04 bits per heavy atom. The minimum Gasteiger partial charge on any atom is -0.336 e. The maximum atomic E-state index is 11.3. The van der Waals surface area contributed by atoms with Gasteiger partial charge in [-0.05, 0) is 37.3 Å². The quantitative estimate of drug-likeness (QED) is 0.459. The maximum absolute atomic E-state index is 11.3. The second-order valence-corrected chi connectivity index (χ2v) is 4.64. The summed E-state index contributed by atoms with van der Waals surface area (Å²) in [4.78, 5) is 33.1. The highest BCUT2D eigenvalue weighted by Crippen LogP contribution is 2.36. The van der Waals surface area contributed by atoms with Crippen molar-refractivity contribution in [2.24, 2.45) is 0 Å². The number of nitrogens with zero attached hydrogens (tertiary/aromatic N) is 3. The monoisotopic (exact) mass is 315 g/mol. The number of non-ortho nitro benzene ring substituents is 1. The van der Waals surface area contributed by atoms with Crippen LogP contribution in [0.2, 0.25) is 0 Å². The first kappa shape index (κ1) is 16.1. The number of anilines is 2. The van der Waals surface area contributed by atoms with Gasteiger partial charge < -0.3 is 4.90 Å². The van der Waals surface area contributed by atoms with Crippen LogP contribution in [0.3, 0.4) is 0 Å². The first-order chi connectivity index (χ1) is 11.0. The Kier molecular flexibility index (Phi) is 4.65. The van der Waals surface area contributed by atoms with Crippen LogP contribution in [0.5, 0.6) is 0 Å². The fraction of sp³-hybridized carbons (Fsp3) is 0.133. The van der Waals surface area contributed by atoms with E-state index in [0.29, 0.717) is 24.1 Å². The standard InChI is InChI=1S/C15H13N3O5/c1-2-16(12-5-3-11(10-19)4-6-12)14-8-7-13(17(20)21)9-15(14)18(22)23/h3-10H,2H2,1H3. The van der Waals surface area contributed by atoms with Gasteiger partial charge >= 0.3 is 0 Å². The predicted octanol–water partition coefficient (Wildman–Crippen LogP) is 3.47. The van der Waals surface area contributed by atoms with Crippen molar-refractivity contribution >= 4 is 29.0 Å². The molecule has 0 heterocycles. The summed E-state index contributed by atoms with van der Waals surface area (Å²) in [6.07, 6.45) is 0.703. The van der Waals surface area contributed by atoms with Gasteiger partial charge in [0.15, 0.2) is 0 Å². The molecule has 0 aliphatic carbocycles. The Labute approximate surface area is 131 Å². The number of nitro groups is 2. The number of hydrogen-bond donors (Lipinski definition) is 0. The molecule has 2 rings (SSSR count). The summed E-state index contributed by atoms with van der Waals surface area (Å²) < 4.78 is 0. The molecule has 118 valence electrons. The first-order valence-corrected chi connectivity index (χ1v) is 6.73. The summed E-state index contributed by atoms with van der Waals surface area (Å²) in [5.41, 5.74) is 0.702. The van der Waals surface area contributed by atoms with Crippen LogP contribution in [-0.4, -0.2) is 22.7 Å². The van der Waals surface area contributed by atoms with Crippen molar-refractivity contribution in [2.75, 3.05) is 11.4 Å². The van der Waals surface area contributed by atoms with E-state index in [1.54, 1.807) is 36.1 Å². The van der Waals surface area contributed by atoms with Crippen molar-refractivity contribution in [1.82, 2.24) is 0 Å². The van der Waals surface area contributed by atoms with Gasteiger partial charge in [-0.15, -0.1) is 0 Å². The highest BCUT2D eigenvalue weighted by molar-refractivity contribution is 5.78. The van der Waals surface area contributed by atoms with E-state index in [2.05, 4.69) is 0 Å². The number of carbonyl (C=O) groups excluding carboxylic acids is 1. The van der Waals surface area contributed by atoms with E-state index in [1.165, 1.54) is 12.1 Å². The summed E-state index contributed by atoms with van der Waals surface area (Å²) in [6, 6.07) is 10.1. The Morgan fingerprint density at radius 3 is 2.17 bits per heavy atom. The van der Waals surface area contributed by atoms with E-state index in [9.17, 15) is 25.0 Å². The molecule has 0 unspecified atom stereocenters. The molecule has 0 N–H and O–H groups in total. The molecule has 0 atom stereocenters. The Hall–Kier alpha value is -3.29. The summed E-state index contributed by atoms with van der Waals surface area (Å²) in [6.45, 7) is 2.22. The lowest BCUT2D eigenvalue weighted by atomic mass is 10.1. The molecule has 2 aromatic rings. The molecular weight excluding hydrogens is 302 g/mol. The van der Waals surface area contributed by atoms with Gasteiger partial charge in [0.2, 0.25) is 0 Å².